The van der Waals surface area contributed by atoms with Crippen LogP contribution in [0.2, 0.25) is 0 Å². The van der Waals surface area contributed by atoms with Gasteiger partial charge in [0, 0.05) is 23.8 Å². The van der Waals surface area contributed by atoms with Gasteiger partial charge in [-0.15, -0.1) is 0 Å². The predicted octanol–water partition coefficient (Wildman–Crippen LogP) is 2.90. The lowest BCUT2D eigenvalue weighted by Gasteiger charge is -2.27. The summed E-state index contributed by atoms with van der Waals surface area (Å²) in [4.78, 5) is 2.43. The summed E-state index contributed by atoms with van der Waals surface area (Å²) in [7, 11) is 1.70. The molecule has 0 heterocycles. The van der Waals surface area contributed by atoms with Gasteiger partial charge in [0.1, 0.15) is 5.75 Å². The van der Waals surface area contributed by atoms with E-state index in [1.54, 1.807) is 7.11 Å². The fraction of sp³-hybridized carbons (Fsp3) is 0.571. The van der Waals surface area contributed by atoms with Crippen molar-refractivity contribution in [2.45, 2.75) is 39.8 Å². The van der Waals surface area contributed by atoms with Crippen LogP contribution >= 0.6 is 0 Å². The highest BCUT2D eigenvalue weighted by molar-refractivity contribution is 5.47. The summed E-state index contributed by atoms with van der Waals surface area (Å²) in [6.45, 7) is 8.57. The van der Waals surface area contributed by atoms with Crippen molar-refractivity contribution < 1.29 is 4.74 Å². The summed E-state index contributed by atoms with van der Waals surface area (Å²) in [5.41, 5.74) is 7.79. The molecule has 1 rings (SSSR count). The lowest BCUT2D eigenvalue weighted by molar-refractivity contribution is 0.203. The Bertz CT molecular complexity index is 352. The van der Waals surface area contributed by atoms with E-state index in [4.69, 9.17) is 10.5 Å². The van der Waals surface area contributed by atoms with E-state index in [1.165, 1.54) is 0 Å². The van der Waals surface area contributed by atoms with Gasteiger partial charge in [0.25, 0.3) is 0 Å². The van der Waals surface area contributed by atoms with Crippen LogP contribution in [-0.2, 0) is 6.54 Å². The molecule has 96 valence electrons. The quantitative estimate of drug-likeness (QED) is 0.772. The maximum Gasteiger partial charge on any atom is 0.123 e. The third kappa shape index (κ3) is 3.63. The van der Waals surface area contributed by atoms with E-state index in [1.807, 2.05) is 18.2 Å². The van der Waals surface area contributed by atoms with Gasteiger partial charge in [0.2, 0.25) is 0 Å². The van der Waals surface area contributed by atoms with Gasteiger partial charge >= 0.3 is 0 Å². The molecule has 3 nitrogen and oxygen atoms in total. The summed E-state index contributed by atoms with van der Waals surface area (Å²) in [5, 5.41) is 0. The van der Waals surface area contributed by atoms with Crippen LogP contribution in [0.1, 0.15) is 32.8 Å². The van der Waals surface area contributed by atoms with Crippen LogP contribution in [0.3, 0.4) is 0 Å². The Balaban J connectivity index is 2.88. The average Bonchev–Trinajstić information content (AvgIpc) is 2.35. The number of nitrogens with two attached hydrogens (primary N) is 1. The first-order chi connectivity index (χ1) is 8.12. The fourth-order valence-electron chi connectivity index (χ4n) is 1.98. The minimum atomic E-state index is 0.575. The van der Waals surface area contributed by atoms with Gasteiger partial charge in [0.05, 0.1) is 7.11 Å². The number of nitrogens with zero attached hydrogens (tertiary/aromatic N) is 1. The van der Waals surface area contributed by atoms with Crippen molar-refractivity contribution in [3.63, 3.8) is 0 Å². The van der Waals surface area contributed by atoms with Crippen LogP contribution in [-0.4, -0.2) is 24.6 Å². The topological polar surface area (TPSA) is 38.5 Å². The second-order valence-electron chi connectivity index (χ2n) is 4.39. The van der Waals surface area contributed by atoms with Crippen molar-refractivity contribution in [3.8, 4) is 5.75 Å². The lowest BCUT2D eigenvalue weighted by Crippen LogP contribution is -2.31. The molecule has 1 aromatic rings. The number of anilines is 1. The number of nitrogen functional groups attached to an aromatic ring is 1. The molecular weight excluding hydrogens is 212 g/mol. The molecule has 2 N–H and O–H groups in total. The zero-order valence-corrected chi connectivity index (χ0v) is 11.4. The Labute approximate surface area is 105 Å². The number of benzene rings is 1. The number of hydrogen-bond acceptors (Lipinski definition) is 3. The molecule has 0 aromatic heterocycles. The van der Waals surface area contributed by atoms with Crippen LogP contribution in [0.15, 0.2) is 18.2 Å². The smallest absolute Gasteiger partial charge is 0.123 e. The first-order valence-electron chi connectivity index (χ1n) is 6.28. The molecule has 3 heteroatoms. The number of ether oxygens (including phenoxy) is 1. The van der Waals surface area contributed by atoms with Crippen molar-refractivity contribution in [1.82, 2.24) is 4.90 Å². The van der Waals surface area contributed by atoms with Crippen molar-refractivity contribution in [1.29, 1.82) is 0 Å². The van der Waals surface area contributed by atoms with Gasteiger partial charge < -0.3 is 10.5 Å². The Kier molecular flexibility index (Phi) is 5.29. The molecule has 0 aliphatic carbocycles. The van der Waals surface area contributed by atoms with Crippen LogP contribution in [0.5, 0.6) is 5.75 Å². The zero-order valence-electron chi connectivity index (χ0n) is 11.4. The maximum atomic E-state index is 5.83. The molecule has 0 amide bonds. The van der Waals surface area contributed by atoms with Gasteiger partial charge in [-0.3, -0.25) is 4.90 Å². The highest BCUT2D eigenvalue weighted by atomic mass is 16.5. The standard InChI is InChI=1S/C14H24N2O/c1-5-11(3)16(6-2)10-12-9-13(15)7-8-14(12)17-4/h7-9,11H,5-6,10,15H2,1-4H3. The van der Waals surface area contributed by atoms with Crippen molar-refractivity contribution in [2.24, 2.45) is 0 Å². The highest BCUT2D eigenvalue weighted by Gasteiger charge is 2.13. The van der Waals surface area contributed by atoms with Crippen molar-refractivity contribution in [3.05, 3.63) is 23.8 Å². The summed E-state index contributed by atoms with van der Waals surface area (Å²) < 4.78 is 5.38. The molecular formula is C14H24N2O. The van der Waals surface area contributed by atoms with Crippen LogP contribution in [0.4, 0.5) is 5.69 Å². The second-order valence-corrected chi connectivity index (χ2v) is 4.39. The van der Waals surface area contributed by atoms with Gasteiger partial charge in [-0.25, -0.2) is 0 Å². The highest BCUT2D eigenvalue weighted by Crippen LogP contribution is 2.23. The van der Waals surface area contributed by atoms with Gasteiger partial charge in [0.15, 0.2) is 0 Å². The third-order valence-electron chi connectivity index (χ3n) is 3.30. The number of hydrogen-bond donors (Lipinski definition) is 1. The molecule has 0 bridgehead atoms. The number of rotatable bonds is 6. The van der Waals surface area contributed by atoms with Crippen molar-refractivity contribution in [2.75, 3.05) is 19.4 Å². The summed E-state index contributed by atoms with van der Waals surface area (Å²) >= 11 is 0. The van der Waals surface area contributed by atoms with Crippen LogP contribution < -0.4 is 10.5 Å². The molecule has 1 unspecified atom stereocenters. The van der Waals surface area contributed by atoms with Gasteiger partial charge in [-0.05, 0) is 38.1 Å². The van der Waals surface area contributed by atoms with E-state index in [2.05, 4.69) is 25.7 Å². The first-order valence-corrected chi connectivity index (χ1v) is 6.28. The second kappa shape index (κ2) is 6.50. The van der Waals surface area contributed by atoms with Crippen molar-refractivity contribution >= 4 is 5.69 Å². The molecule has 0 saturated heterocycles. The monoisotopic (exact) mass is 236 g/mol. The third-order valence-corrected chi connectivity index (χ3v) is 3.30. The molecule has 17 heavy (non-hydrogen) atoms. The molecule has 0 radical (unpaired) electrons. The predicted molar refractivity (Wildman–Crippen MR) is 73.2 cm³/mol. The minimum absolute atomic E-state index is 0.575. The molecule has 1 atom stereocenters. The van der Waals surface area contributed by atoms with Gasteiger partial charge in [-0.1, -0.05) is 13.8 Å². The van der Waals surface area contributed by atoms with Gasteiger partial charge in [-0.2, -0.15) is 0 Å². The van der Waals surface area contributed by atoms with E-state index in [0.29, 0.717) is 6.04 Å². The van der Waals surface area contributed by atoms with E-state index >= 15 is 0 Å². The molecule has 0 fully saturated rings. The molecule has 0 saturated carbocycles. The SMILES string of the molecule is CCC(C)N(CC)Cc1cc(N)ccc1OC. The van der Waals surface area contributed by atoms with Crippen LogP contribution in [0.25, 0.3) is 0 Å². The Morgan fingerprint density at radius 3 is 2.59 bits per heavy atom. The molecule has 0 spiro atoms. The summed E-state index contributed by atoms with van der Waals surface area (Å²) in [6, 6.07) is 6.40. The molecule has 0 aliphatic heterocycles. The number of methoxy groups -OCH3 is 1. The first kappa shape index (κ1) is 13.8. The normalized spacial score (nSPS) is 12.8. The summed E-state index contributed by atoms with van der Waals surface area (Å²) in [5.74, 6) is 0.918. The van der Waals surface area contributed by atoms with Crippen LogP contribution in [0, 0.1) is 0 Å². The Morgan fingerprint density at radius 1 is 1.35 bits per heavy atom. The Morgan fingerprint density at radius 2 is 2.06 bits per heavy atom. The average molecular weight is 236 g/mol. The minimum Gasteiger partial charge on any atom is -0.496 e. The largest absolute Gasteiger partial charge is 0.496 e. The Hall–Kier alpha value is -1.22. The zero-order chi connectivity index (χ0) is 12.8. The summed E-state index contributed by atoms with van der Waals surface area (Å²) in [6.07, 6.45) is 1.15. The maximum absolute atomic E-state index is 5.83. The van der Waals surface area contributed by atoms with E-state index in [9.17, 15) is 0 Å². The molecule has 1 aromatic carbocycles. The lowest BCUT2D eigenvalue weighted by atomic mass is 10.1. The molecule has 0 aliphatic rings. The fourth-order valence-corrected chi connectivity index (χ4v) is 1.98. The van der Waals surface area contributed by atoms with E-state index in [-0.39, 0.29) is 0 Å². The van der Waals surface area contributed by atoms with E-state index in [0.717, 1.165) is 36.5 Å². The van der Waals surface area contributed by atoms with E-state index < -0.39 is 0 Å².